The lowest BCUT2D eigenvalue weighted by Crippen LogP contribution is -2.74. The van der Waals surface area contributed by atoms with Crippen LogP contribution in [0.5, 0.6) is 0 Å². The monoisotopic (exact) mass is 552 g/mol. The van der Waals surface area contributed by atoms with E-state index in [1.165, 1.54) is 0 Å². The predicted octanol–water partition coefficient (Wildman–Crippen LogP) is -0.213. The predicted molar refractivity (Wildman–Crippen MR) is 122 cm³/mol. The molecule has 214 valence electrons. The molecule has 4 heterocycles. The molecule has 0 aromatic carbocycles. The first-order chi connectivity index (χ1) is 18.0. The van der Waals surface area contributed by atoms with Crippen molar-refractivity contribution in [3.8, 4) is 0 Å². The molecular weight excluding hydrogens is 520 g/mol. The van der Waals surface area contributed by atoms with E-state index in [1.54, 1.807) is 6.92 Å². The first kappa shape index (κ1) is 26.5. The molecule has 6 aliphatic rings. The molecule has 39 heavy (non-hydrogen) atoms. The van der Waals surface area contributed by atoms with E-state index in [2.05, 4.69) is 0 Å². The van der Waals surface area contributed by atoms with Crippen molar-refractivity contribution in [2.45, 2.75) is 96.5 Å². The standard InChI is InChI=1S/C26H32O13/c1-9-8-33-17-16(35-11(3)28)24-15(34-10(2)27)13-14(22(5,6)7)23(24)18(36-12(4)29)19(30)38-21(23)39-26(24,20(31)37-13)25(9,17)32/h9,13-18,21,32H,8H2,1-7H3/t9-,13-,14-,15+,16-,17-,18?,21?,23?,24?,25+,26+/m0/s1. The number of hydrogen-bond acceptors (Lipinski definition) is 13. The Labute approximate surface area is 223 Å². The fourth-order valence-corrected chi connectivity index (χ4v) is 9.23. The highest BCUT2D eigenvalue weighted by Gasteiger charge is 3.05. The molecule has 4 aliphatic heterocycles. The maximum Gasteiger partial charge on any atom is 0.350 e. The third-order valence-corrected chi connectivity index (χ3v) is 9.77. The molecule has 0 aromatic heterocycles. The van der Waals surface area contributed by atoms with Crippen LogP contribution in [0.1, 0.15) is 48.5 Å². The van der Waals surface area contributed by atoms with Gasteiger partial charge in [0.05, 0.1) is 6.61 Å². The Hall–Kier alpha value is -2.77. The van der Waals surface area contributed by atoms with E-state index in [9.17, 15) is 29.1 Å². The average molecular weight is 553 g/mol. The summed E-state index contributed by atoms with van der Waals surface area (Å²) in [7, 11) is 0. The van der Waals surface area contributed by atoms with E-state index < -0.39 is 106 Å². The van der Waals surface area contributed by atoms with Gasteiger partial charge in [0.2, 0.25) is 18.0 Å². The van der Waals surface area contributed by atoms with Gasteiger partial charge in [0.1, 0.15) is 34.7 Å². The van der Waals surface area contributed by atoms with Gasteiger partial charge in [0.25, 0.3) is 0 Å². The number of rotatable bonds is 3. The molecule has 0 amide bonds. The van der Waals surface area contributed by atoms with E-state index in [0.717, 1.165) is 20.8 Å². The topological polar surface area (TPSA) is 170 Å². The van der Waals surface area contributed by atoms with E-state index in [1.807, 2.05) is 20.8 Å². The Kier molecular flexibility index (Phi) is 5.08. The summed E-state index contributed by atoms with van der Waals surface area (Å²) in [5.41, 5.74) is -9.23. The van der Waals surface area contributed by atoms with Crippen molar-refractivity contribution >= 4 is 29.8 Å². The van der Waals surface area contributed by atoms with Crippen LogP contribution in [0, 0.1) is 28.1 Å². The number of hydrogen-bond donors (Lipinski definition) is 1. The fraction of sp³-hybridized carbons (Fsp3) is 0.808. The van der Waals surface area contributed by atoms with Crippen molar-refractivity contribution in [3.63, 3.8) is 0 Å². The first-order valence-electron chi connectivity index (χ1n) is 13.0. The van der Waals surface area contributed by atoms with Crippen LogP contribution in [-0.2, 0) is 57.1 Å². The van der Waals surface area contributed by atoms with Crippen molar-refractivity contribution < 1.29 is 62.2 Å². The van der Waals surface area contributed by atoms with Crippen molar-refractivity contribution in [1.82, 2.24) is 0 Å². The zero-order valence-electron chi connectivity index (χ0n) is 22.7. The number of aliphatic hydroxyl groups is 1. The molecule has 6 fully saturated rings. The van der Waals surface area contributed by atoms with Crippen LogP contribution in [0.25, 0.3) is 0 Å². The molecule has 1 N–H and O–H groups in total. The molecule has 13 heteroatoms. The summed E-state index contributed by atoms with van der Waals surface area (Å²) in [6.45, 7) is 10.5. The summed E-state index contributed by atoms with van der Waals surface area (Å²) in [4.78, 5) is 65.5. The molecule has 13 nitrogen and oxygen atoms in total. The molecular formula is C26H32O13. The van der Waals surface area contributed by atoms with Crippen LogP contribution in [0.15, 0.2) is 0 Å². The second kappa shape index (κ2) is 7.49. The molecule has 4 unspecified atom stereocenters. The van der Waals surface area contributed by atoms with Crippen LogP contribution in [0.3, 0.4) is 0 Å². The van der Waals surface area contributed by atoms with E-state index in [0.29, 0.717) is 0 Å². The quantitative estimate of drug-likeness (QED) is 0.361. The first-order valence-corrected chi connectivity index (χ1v) is 13.0. The highest BCUT2D eigenvalue weighted by Crippen LogP contribution is 2.85. The summed E-state index contributed by atoms with van der Waals surface area (Å²) in [6, 6.07) is 0. The lowest BCUT2D eigenvalue weighted by atomic mass is 9.50. The van der Waals surface area contributed by atoms with Crippen LogP contribution < -0.4 is 0 Å². The SMILES string of the molecule is CC(=O)OC1C(=O)OC2O[C@]34C(=O)O[C@@H]5[C@@H](OC(C)=O)C3([C@@H](OC(C)=O)[C@@H]3OC[C@H](C)[C@@]34O)C21[C@@H]5C(C)(C)C. The number of fused-ring (bicyclic) bond motifs is 2. The fourth-order valence-electron chi connectivity index (χ4n) is 9.23. The van der Waals surface area contributed by atoms with Gasteiger partial charge >= 0.3 is 29.8 Å². The van der Waals surface area contributed by atoms with Gasteiger partial charge < -0.3 is 38.3 Å². The summed E-state index contributed by atoms with van der Waals surface area (Å²) in [5.74, 6) is -5.99. The zero-order chi connectivity index (χ0) is 28.7. The summed E-state index contributed by atoms with van der Waals surface area (Å²) in [6.07, 6.45) is -8.67. The van der Waals surface area contributed by atoms with Gasteiger partial charge in [-0.25, -0.2) is 9.59 Å². The molecule has 2 bridgehead atoms. The maximum absolute atomic E-state index is 14.3. The molecule has 0 aromatic rings. The number of carbonyl (C=O) groups is 5. The van der Waals surface area contributed by atoms with Crippen molar-refractivity contribution in [2.75, 3.05) is 6.61 Å². The van der Waals surface area contributed by atoms with Crippen molar-refractivity contribution in [1.29, 1.82) is 0 Å². The lowest BCUT2D eigenvalue weighted by Gasteiger charge is -2.52. The highest BCUT2D eigenvalue weighted by molar-refractivity contribution is 5.92. The number of esters is 5. The van der Waals surface area contributed by atoms with Gasteiger partial charge in [-0.1, -0.05) is 27.7 Å². The Morgan fingerprint density at radius 3 is 2.10 bits per heavy atom. The molecule has 6 rings (SSSR count). The van der Waals surface area contributed by atoms with Crippen LogP contribution >= 0.6 is 0 Å². The Morgan fingerprint density at radius 1 is 0.949 bits per heavy atom. The maximum atomic E-state index is 14.3. The zero-order valence-corrected chi connectivity index (χ0v) is 22.7. The number of ether oxygens (including phenoxy) is 7. The Morgan fingerprint density at radius 2 is 1.54 bits per heavy atom. The van der Waals surface area contributed by atoms with Gasteiger partial charge in [-0.15, -0.1) is 0 Å². The minimum absolute atomic E-state index is 0.0252. The normalized spacial score (nSPS) is 50.5. The minimum atomic E-state index is -2.39. The second-order valence-corrected chi connectivity index (χ2v) is 12.6. The van der Waals surface area contributed by atoms with E-state index >= 15 is 0 Å². The van der Waals surface area contributed by atoms with Gasteiger partial charge in [0.15, 0.2) is 6.10 Å². The third kappa shape index (κ3) is 2.52. The molecule has 2 aliphatic carbocycles. The van der Waals surface area contributed by atoms with Gasteiger partial charge in [-0.3, -0.25) is 14.4 Å². The largest absolute Gasteiger partial charge is 0.459 e. The Bertz CT molecular complexity index is 1210. The Balaban J connectivity index is 1.79. The van der Waals surface area contributed by atoms with Gasteiger partial charge in [-0.2, -0.15) is 0 Å². The van der Waals surface area contributed by atoms with Crippen LogP contribution in [0.4, 0.5) is 0 Å². The molecule has 2 saturated carbocycles. The minimum Gasteiger partial charge on any atom is -0.459 e. The second-order valence-electron chi connectivity index (χ2n) is 12.6. The third-order valence-electron chi connectivity index (χ3n) is 9.77. The highest BCUT2D eigenvalue weighted by atomic mass is 16.8. The molecule has 2 spiro atoms. The van der Waals surface area contributed by atoms with Gasteiger partial charge in [0, 0.05) is 32.6 Å². The molecule has 12 atom stereocenters. The van der Waals surface area contributed by atoms with Crippen molar-refractivity contribution in [3.05, 3.63) is 0 Å². The lowest BCUT2D eigenvalue weighted by molar-refractivity contribution is -0.283. The summed E-state index contributed by atoms with van der Waals surface area (Å²) < 4.78 is 41.7. The molecule has 4 saturated heterocycles. The summed E-state index contributed by atoms with van der Waals surface area (Å²) >= 11 is 0. The van der Waals surface area contributed by atoms with E-state index in [-0.39, 0.29) is 6.61 Å². The average Bonchev–Trinajstić information content (AvgIpc) is 3.42. The smallest absolute Gasteiger partial charge is 0.350 e. The number of carbonyl (C=O) groups excluding carboxylic acids is 5. The molecule has 0 radical (unpaired) electrons. The van der Waals surface area contributed by atoms with Crippen LogP contribution in [-0.4, -0.2) is 89.6 Å². The van der Waals surface area contributed by atoms with Crippen LogP contribution in [0.2, 0.25) is 0 Å². The van der Waals surface area contributed by atoms with Crippen molar-refractivity contribution in [2.24, 2.45) is 28.1 Å². The van der Waals surface area contributed by atoms with E-state index in [4.69, 9.17) is 33.2 Å². The summed E-state index contributed by atoms with van der Waals surface area (Å²) in [5, 5.41) is 12.5. The van der Waals surface area contributed by atoms with Gasteiger partial charge in [-0.05, 0) is 5.41 Å².